The van der Waals surface area contributed by atoms with E-state index in [4.69, 9.17) is 4.74 Å². The van der Waals surface area contributed by atoms with Crippen LogP contribution in [0.1, 0.15) is 23.5 Å². The van der Waals surface area contributed by atoms with Crippen LogP contribution in [-0.2, 0) is 9.53 Å². The van der Waals surface area contributed by atoms with Gasteiger partial charge in [0.1, 0.15) is 6.54 Å². The van der Waals surface area contributed by atoms with E-state index in [-0.39, 0.29) is 18.3 Å². The molecule has 8 heteroatoms. The van der Waals surface area contributed by atoms with Gasteiger partial charge in [-0.25, -0.2) is 4.68 Å². The summed E-state index contributed by atoms with van der Waals surface area (Å²) in [5, 5.41) is 13.2. The summed E-state index contributed by atoms with van der Waals surface area (Å²) >= 11 is 0. The summed E-state index contributed by atoms with van der Waals surface area (Å²) in [5.74, 6) is -0.900. The highest BCUT2D eigenvalue weighted by Crippen LogP contribution is 2.09. The van der Waals surface area contributed by atoms with Gasteiger partial charge < -0.3 is 15.4 Å². The van der Waals surface area contributed by atoms with Crippen LogP contribution < -0.4 is 10.6 Å². The second kappa shape index (κ2) is 5.58. The van der Waals surface area contributed by atoms with Crippen molar-refractivity contribution >= 4 is 11.9 Å². The van der Waals surface area contributed by atoms with Crippen molar-refractivity contribution in [2.75, 3.05) is 26.2 Å². The van der Waals surface area contributed by atoms with Crippen molar-refractivity contribution in [3.8, 4) is 0 Å². The summed E-state index contributed by atoms with van der Waals surface area (Å²) in [6, 6.07) is 0.254. The van der Waals surface area contributed by atoms with E-state index >= 15 is 0 Å². The molecule has 2 rings (SSSR count). The van der Waals surface area contributed by atoms with Gasteiger partial charge in [0.05, 0.1) is 18.8 Å². The topological polar surface area (TPSA) is 98.1 Å². The molecule has 0 bridgehead atoms. The van der Waals surface area contributed by atoms with E-state index in [0.717, 1.165) is 13.1 Å². The Bertz CT molecular complexity index is 440. The number of carbonyl (C=O) groups is 2. The summed E-state index contributed by atoms with van der Waals surface area (Å²) < 4.78 is 6.34. The maximum atomic E-state index is 11.6. The minimum absolute atomic E-state index is 0.162. The lowest BCUT2D eigenvalue weighted by Gasteiger charge is -2.26. The lowest BCUT2D eigenvalue weighted by molar-refractivity contribution is -0.141. The Labute approximate surface area is 104 Å². The maximum Gasteiger partial charge on any atom is 0.325 e. The van der Waals surface area contributed by atoms with Gasteiger partial charge >= 0.3 is 5.97 Å². The molecule has 1 aliphatic rings. The first-order valence-electron chi connectivity index (χ1n) is 5.77. The highest BCUT2D eigenvalue weighted by molar-refractivity contribution is 5.93. The predicted molar refractivity (Wildman–Crippen MR) is 60.9 cm³/mol. The van der Waals surface area contributed by atoms with E-state index in [1.807, 2.05) is 0 Å². The van der Waals surface area contributed by atoms with Crippen LogP contribution in [0.25, 0.3) is 0 Å². The predicted octanol–water partition coefficient (Wildman–Crippen LogP) is -1.28. The zero-order valence-corrected chi connectivity index (χ0v) is 10.0. The number of esters is 1. The molecule has 0 radical (unpaired) electrons. The van der Waals surface area contributed by atoms with E-state index in [2.05, 4.69) is 20.9 Å². The van der Waals surface area contributed by atoms with Gasteiger partial charge in [0.2, 0.25) is 0 Å². The Hall–Kier alpha value is -1.96. The molecule has 18 heavy (non-hydrogen) atoms. The molecule has 2 heterocycles. The maximum absolute atomic E-state index is 11.6. The number of hydrogen-bond acceptors (Lipinski definition) is 6. The molecule has 2 N–H and O–H groups in total. The second-order valence-electron chi connectivity index (χ2n) is 3.88. The molecular formula is C10H15N5O3. The molecule has 0 saturated carbocycles. The molecule has 1 aliphatic heterocycles. The van der Waals surface area contributed by atoms with Crippen molar-refractivity contribution < 1.29 is 14.3 Å². The fraction of sp³-hybridized carbons (Fsp3) is 0.600. The average Bonchev–Trinajstić information content (AvgIpc) is 2.73. The van der Waals surface area contributed by atoms with Crippen LogP contribution in [0, 0.1) is 0 Å². The molecule has 0 spiro atoms. The van der Waals surface area contributed by atoms with E-state index in [9.17, 15) is 9.59 Å². The van der Waals surface area contributed by atoms with Crippen molar-refractivity contribution in [3.05, 3.63) is 11.9 Å². The zero-order valence-electron chi connectivity index (χ0n) is 10.0. The SMILES string of the molecule is CCOC(=O)CNC(=O)c1cn(C2CNC2)nn1. The normalized spacial score (nSPS) is 14.9. The van der Waals surface area contributed by atoms with E-state index in [1.54, 1.807) is 17.8 Å². The number of aromatic nitrogens is 3. The van der Waals surface area contributed by atoms with Crippen molar-refractivity contribution in [2.45, 2.75) is 13.0 Å². The summed E-state index contributed by atoms with van der Waals surface area (Å²) in [6.07, 6.45) is 1.58. The third kappa shape index (κ3) is 2.83. The molecule has 8 nitrogen and oxygen atoms in total. The minimum Gasteiger partial charge on any atom is -0.465 e. The molecule has 0 unspecified atom stereocenters. The number of nitrogens with one attached hydrogen (secondary N) is 2. The highest BCUT2D eigenvalue weighted by Gasteiger charge is 2.21. The third-order valence-corrected chi connectivity index (χ3v) is 2.58. The molecule has 1 saturated heterocycles. The van der Waals surface area contributed by atoms with Crippen LogP contribution in [0.2, 0.25) is 0 Å². The van der Waals surface area contributed by atoms with Crippen LogP contribution in [0.4, 0.5) is 0 Å². The quantitative estimate of drug-likeness (QED) is 0.634. The van der Waals surface area contributed by atoms with Gasteiger partial charge in [0, 0.05) is 13.1 Å². The summed E-state index contributed by atoms with van der Waals surface area (Å²) in [6.45, 7) is 3.49. The first-order valence-corrected chi connectivity index (χ1v) is 5.77. The third-order valence-electron chi connectivity index (χ3n) is 2.58. The Morgan fingerprint density at radius 3 is 3.00 bits per heavy atom. The van der Waals surface area contributed by atoms with Gasteiger partial charge in [0.15, 0.2) is 5.69 Å². The Kier molecular flexibility index (Phi) is 3.88. The average molecular weight is 253 g/mol. The van der Waals surface area contributed by atoms with Crippen LogP contribution in [0.5, 0.6) is 0 Å². The van der Waals surface area contributed by atoms with E-state index in [0.29, 0.717) is 6.61 Å². The highest BCUT2D eigenvalue weighted by atomic mass is 16.5. The van der Waals surface area contributed by atoms with Gasteiger partial charge in [-0.05, 0) is 6.92 Å². The molecule has 1 fully saturated rings. The number of carbonyl (C=O) groups excluding carboxylic acids is 2. The standard InChI is InChI=1S/C10H15N5O3/c1-2-18-9(16)5-12-10(17)8-6-15(14-13-8)7-3-11-4-7/h6-7,11H,2-5H2,1H3,(H,12,17). The minimum atomic E-state index is -0.471. The summed E-state index contributed by atoms with van der Waals surface area (Å²) in [7, 11) is 0. The number of hydrogen-bond donors (Lipinski definition) is 2. The van der Waals surface area contributed by atoms with Gasteiger partial charge in [-0.15, -0.1) is 5.10 Å². The zero-order chi connectivity index (χ0) is 13.0. The molecule has 0 atom stereocenters. The monoisotopic (exact) mass is 253 g/mol. The number of ether oxygens (including phenoxy) is 1. The van der Waals surface area contributed by atoms with Crippen LogP contribution in [0.15, 0.2) is 6.20 Å². The van der Waals surface area contributed by atoms with Gasteiger partial charge in [-0.2, -0.15) is 0 Å². The van der Waals surface area contributed by atoms with Crippen molar-refractivity contribution in [2.24, 2.45) is 0 Å². The fourth-order valence-electron chi connectivity index (χ4n) is 1.47. The molecule has 0 aromatic carbocycles. The number of amides is 1. The van der Waals surface area contributed by atoms with Crippen molar-refractivity contribution in [1.29, 1.82) is 0 Å². The van der Waals surface area contributed by atoms with Gasteiger partial charge in [0.25, 0.3) is 5.91 Å². The van der Waals surface area contributed by atoms with Crippen LogP contribution in [-0.4, -0.2) is 53.1 Å². The Balaban J connectivity index is 1.84. The fourth-order valence-corrected chi connectivity index (χ4v) is 1.47. The molecule has 1 aromatic heterocycles. The van der Waals surface area contributed by atoms with Crippen molar-refractivity contribution in [1.82, 2.24) is 25.6 Å². The molecular weight excluding hydrogens is 238 g/mol. The second-order valence-corrected chi connectivity index (χ2v) is 3.88. The number of nitrogens with zero attached hydrogens (tertiary/aromatic N) is 3. The van der Waals surface area contributed by atoms with E-state index in [1.165, 1.54) is 0 Å². The lowest BCUT2D eigenvalue weighted by atomic mass is 10.2. The first kappa shape index (κ1) is 12.5. The number of rotatable bonds is 5. The van der Waals surface area contributed by atoms with Crippen LogP contribution in [0.3, 0.4) is 0 Å². The Morgan fingerprint density at radius 2 is 2.39 bits per heavy atom. The Morgan fingerprint density at radius 1 is 1.61 bits per heavy atom. The van der Waals surface area contributed by atoms with Gasteiger partial charge in [-0.1, -0.05) is 5.21 Å². The molecule has 0 aliphatic carbocycles. The smallest absolute Gasteiger partial charge is 0.325 e. The first-order chi connectivity index (χ1) is 8.70. The van der Waals surface area contributed by atoms with E-state index < -0.39 is 11.9 Å². The van der Waals surface area contributed by atoms with Crippen molar-refractivity contribution in [3.63, 3.8) is 0 Å². The molecule has 1 amide bonds. The van der Waals surface area contributed by atoms with Gasteiger partial charge in [-0.3, -0.25) is 9.59 Å². The molecule has 1 aromatic rings. The molecule has 98 valence electrons. The summed E-state index contributed by atoms with van der Waals surface area (Å²) in [4.78, 5) is 22.7. The lowest BCUT2D eigenvalue weighted by Crippen LogP contribution is -2.43. The summed E-state index contributed by atoms with van der Waals surface area (Å²) in [5.41, 5.74) is 0.200. The van der Waals surface area contributed by atoms with Crippen LogP contribution >= 0.6 is 0 Å². The largest absolute Gasteiger partial charge is 0.465 e.